The molecule has 2 rings (SSSR count). The van der Waals surface area contributed by atoms with Gasteiger partial charge >= 0.3 is 0 Å². The maximum Gasteiger partial charge on any atom is 0.0224 e. The van der Waals surface area contributed by atoms with Crippen LogP contribution in [-0.4, -0.2) is 54.1 Å². The number of rotatable bonds is 4. The van der Waals surface area contributed by atoms with Crippen LogP contribution >= 0.6 is 0 Å². The van der Waals surface area contributed by atoms with Crippen molar-refractivity contribution >= 4 is 0 Å². The molecule has 0 spiro atoms. The highest BCUT2D eigenvalue weighted by Gasteiger charge is 2.33. The topological polar surface area (TPSA) is 32.5 Å². The first kappa shape index (κ1) is 12.3. The predicted molar refractivity (Wildman–Crippen MR) is 68.5 cm³/mol. The number of hydrogen-bond acceptors (Lipinski definition) is 3. The van der Waals surface area contributed by atoms with Gasteiger partial charge in [-0.15, -0.1) is 0 Å². The molecule has 0 amide bonds. The Balaban J connectivity index is 1.76. The molecule has 2 aliphatic heterocycles. The van der Waals surface area contributed by atoms with Crippen molar-refractivity contribution in [2.24, 2.45) is 5.73 Å². The van der Waals surface area contributed by atoms with Crippen LogP contribution in [0.3, 0.4) is 0 Å². The highest BCUT2D eigenvalue weighted by molar-refractivity contribution is 4.90. The van der Waals surface area contributed by atoms with Gasteiger partial charge in [-0.2, -0.15) is 0 Å². The second-order valence-electron chi connectivity index (χ2n) is 5.75. The molecule has 2 saturated heterocycles. The molecule has 16 heavy (non-hydrogen) atoms. The minimum atomic E-state index is 0.364. The van der Waals surface area contributed by atoms with Crippen molar-refractivity contribution in [3.05, 3.63) is 0 Å². The summed E-state index contributed by atoms with van der Waals surface area (Å²) >= 11 is 0. The van der Waals surface area contributed by atoms with E-state index in [9.17, 15) is 0 Å². The Morgan fingerprint density at radius 3 is 2.94 bits per heavy atom. The van der Waals surface area contributed by atoms with Gasteiger partial charge in [-0.3, -0.25) is 9.80 Å². The average Bonchev–Trinajstić information content (AvgIpc) is 2.64. The van der Waals surface area contributed by atoms with Gasteiger partial charge in [-0.25, -0.2) is 0 Å². The quantitative estimate of drug-likeness (QED) is 0.782. The molecule has 0 bridgehead atoms. The average molecular weight is 225 g/mol. The summed E-state index contributed by atoms with van der Waals surface area (Å²) in [6, 6.07) is 1.96. The molecule has 3 nitrogen and oxygen atoms in total. The molecule has 0 aliphatic carbocycles. The molecule has 0 aromatic carbocycles. The van der Waals surface area contributed by atoms with E-state index in [0.717, 1.165) is 18.5 Å². The zero-order chi connectivity index (χ0) is 11.5. The smallest absolute Gasteiger partial charge is 0.0224 e. The highest BCUT2D eigenvalue weighted by Crippen LogP contribution is 2.24. The molecule has 94 valence electrons. The maximum atomic E-state index is 5.80. The van der Waals surface area contributed by atoms with Crippen molar-refractivity contribution in [3.63, 3.8) is 0 Å². The number of fused-ring (bicyclic) bond motifs is 1. The van der Waals surface area contributed by atoms with Gasteiger partial charge < -0.3 is 5.73 Å². The van der Waals surface area contributed by atoms with Gasteiger partial charge in [-0.05, 0) is 52.6 Å². The van der Waals surface area contributed by atoms with E-state index in [0.29, 0.717) is 6.04 Å². The molecule has 3 unspecified atom stereocenters. The summed E-state index contributed by atoms with van der Waals surface area (Å²) in [5, 5.41) is 0. The third kappa shape index (κ3) is 2.96. The predicted octanol–water partition coefficient (Wildman–Crippen LogP) is 1.28. The molecule has 3 atom stereocenters. The van der Waals surface area contributed by atoms with Crippen molar-refractivity contribution in [1.82, 2.24) is 9.80 Å². The Bertz CT molecular complexity index is 217. The number of nitrogens with two attached hydrogens (primary N) is 1. The fourth-order valence-corrected chi connectivity index (χ4v) is 3.18. The zero-order valence-electron chi connectivity index (χ0n) is 10.9. The van der Waals surface area contributed by atoms with E-state index in [-0.39, 0.29) is 0 Å². The molecule has 0 aromatic rings. The molecular weight excluding hydrogens is 198 g/mol. The molecule has 0 radical (unpaired) electrons. The Morgan fingerprint density at radius 1 is 1.38 bits per heavy atom. The largest absolute Gasteiger partial charge is 0.328 e. The first-order valence-electron chi connectivity index (χ1n) is 6.90. The van der Waals surface area contributed by atoms with Crippen LogP contribution < -0.4 is 5.73 Å². The summed E-state index contributed by atoms with van der Waals surface area (Å²) in [4.78, 5) is 5.36. The van der Waals surface area contributed by atoms with Crippen LogP contribution in [0.1, 0.15) is 39.5 Å². The molecular formula is C13H27N3. The van der Waals surface area contributed by atoms with Crippen LogP contribution in [0.4, 0.5) is 0 Å². The molecule has 2 heterocycles. The summed E-state index contributed by atoms with van der Waals surface area (Å²) in [7, 11) is 0. The van der Waals surface area contributed by atoms with E-state index in [4.69, 9.17) is 5.73 Å². The third-order valence-electron chi connectivity index (χ3n) is 4.17. The van der Waals surface area contributed by atoms with Crippen LogP contribution in [0.5, 0.6) is 0 Å². The second-order valence-corrected chi connectivity index (χ2v) is 5.75. The molecule has 2 aliphatic rings. The lowest BCUT2D eigenvalue weighted by molar-refractivity contribution is 0.0582. The highest BCUT2D eigenvalue weighted by atomic mass is 15.3. The van der Waals surface area contributed by atoms with Crippen molar-refractivity contribution in [3.8, 4) is 0 Å². The minimum Gasteiger partial charge on any atom is -0.328 e. The van der Waals surface area contributed by atoms with Crippen LogP contribution in [0.2, 0.25) is 0 Å². The van der Waals surface area contributed by atoms with Gasteiger partial charge in [0.15, 0.2) is 0 Å². The minimum absolute atomic E-state index is 0.364. The third-order valence-corrected chi connectivity index (χ3v) is 4.17. The number of piperazine rings is 1. The van der Waals surface area contributed by atoms with E-state index in [2.05, 4.69) is 23.6 Å². The monoisotopic (exact) mass is 225 g/mol. The maximum absolute atomic E-state index is 5.80. The van der Waals surface area contributed by atoms with Gasteiger partial charge in [-0.1, -0.05) is 0 Å². The number of nitrogens with zero attached hydrogens (tertiary/aromatic N) is 2. The van der Waals surface area contributed by atoms with Gasteiger partial charge in [0, 0.05) is 31.2 Å². The van der Waals surface area contributed by atoms with Gasteiger partial charge in [0.05, 0.1) is 0 Å². The Kier molecular flexibility index (Phi) is 4.22. The fourth-order valence-electron chi connectivity index (χ4n) is 3.18. The van der Waals surface area contributed by atoms with Crippen LogP contribution in [0.25, 0.3) is 0 Å². The van der Waals surface area contributed by atoms with E-state index < -0.39 is 0 Å². The van der Waals surface area contributed by atoms with E-state index >= 15 is 0 Å². The normalized spacial score (nSPS) is 33.9. The molecule has 2 fully saturated rings. The van der Waals surface area contributed by atoms with Crippen LogP contribution in [0.15, 0.2) is 0 Å². The van der Waals surface area contributed by atoms with Crippen LogP contribution in [-0.2, 0) is 0 Å². The second kappa shape index (κ2) is 5.48. The summed E-state index contributed by atoms with van der Waals surface area (Å²) in [6.45, 7) is 9.64. The van der Waals surface area contributed by atoms with Crippen LogP contribution in [0, 0.1) is 0 Å². The lowest BCUT2D eigenvalue weighted by Crippen LogP contribution is -2.55. The van der Waals surface area contributed by atoms with E-state index in [1.165, 1.54) is 45.4 Å². The van der Waals surface area contributed by atoms with Gasteiger partial charge in [0.1, 0.15) is 0 Å². The summed E-state index contributed by atoms with van der Waals surface area (Å²) in [6.07, 6.45) is 5.24. The first-order chi connectivity index (χ1) is 7.66. The molecule has 0 aromatic heterocycles. The van der Waals surface area contributed by atoms with Gasteiger partial charge in [0.25, 0.3) is 0 Å². The lowest BCUT2D eigenvalue weighted by atomic mass is 10.1. The zero-order valence-corrected chi connectivity index (χ0v) is 10.9. The Morgan fingerprint density at radius 2 is 2.19 bits per heavy atom. The first-order valence-corrected chi connectivity index (χ1v) is 6.90. The Hall–Kier alpha value is -0.120. The molecule has 0 saturated carbocycles. The van der Waals surface area contributed by atoms with Crippen molar-refractivity contribution in [2.45, 2.75) is 57.7 Å². The van der Waals surface area contributed by atoms with Crippen molar-refractivity contribution < 1.29 is 0 Å². The van der Waals surface area contributed by atoms with Crippen molar-refractivity contribution in [2.75, 3.05) is 26.2 Å². The van der Waals surface area contributed by atoms with Gasteiger partial charge in [0.2, 0.25) is 0 Å². The fraction of sp³-hybridized carbons (Fsp3) is 1.00. The van der Waals surface area contributed by atoms with Crippen molar-refractivity contribution in [1.29, 1.82) is 0 Å². The molecule has 3 heteroatoms. The standard InChI is InChI=1S/C13H27N3/c1-11(14)5-3-7-15-10-13-6-4-8-16(13)9-12(15)2/h11-13H,3-10,14H2,1-2H3. The summed E-state index contributed by atoms with van der Waals surface area (Å²) < 4.78 is 0. The lowest BCUT2D eigenvalue weighted by Gasteiger charge is -2.42. The Labute approximate surface area is 100.0 Å². The summed E-state index contributed by atoms with van der Waals surface area (Å²) in [5.74, 6) is 0. The SMILES string of the molecule is CC(N)CCCN1CC2CCCN2CC1C. The van der Waals surface area contributed by atoms with E-state index in [1.54, 1.807) is 0 Å². The molecule has 2 N–H and O–H groups in total. The summed E-state index contributed by atoms with van der Waals surface area (Å²) in [5.41, 5.74) is 5.80. The number of hydrogen-bond donors (Lipinski definition) is 1. The van der Waals surface area contributed by atoms with E-state index in [1.807, 2.05) is 0 Å².